The lowest BCUT2D eigenvalue weighted by atomic mass is 9.98. The minimum absolute atomic E-state index is 0.300. The summed E-state index contributed by atoms with van der Waals surface area (Å²) in [6.45, 7) is 3.47. The van der Waals surface area contributed by atoms with Crippen LogP contribution in [0.15, 0.2) is 72.1 Å². The van der Waals surface area contributed by atoms with Gasteiger partial charge in [0, 0.05) is 55.7 Å². The molecule has 1 aromatic heterocycles. The first-order chi connectivity index (χ1) is 17.5. The Hall–Kier alpha value is -3.00. The van der Waals surface area contributed by atoms with E-state index in [1.165, 1.54) is 0 Å². The number of aromatic nitrogens is 1. The molecule has 1 atom stereocenters. The van der Waals surface area contributed by atoms with E-state index < -0.39 is 10.7 Å². The van der Waals surface area contributed by atoms with Crippen molar-refractivity contribution < 1.29 is 9.63 Å². The standard InChI is InChI=1S/C26H24Cl3N5O2/c27-20-7-2-8-22(34-12-10-33(11-13-34)19-6-3-9-30-16-19)24(20)21-15-23(36-32-21)17-4-1-5-18(14-17)31-26(35)25(28)29/h1-9,14,16,23,25H,10-13,15H2,(H,31,35). The Morgan fingerprint density at radius 2 is 1.81 bits per heavy atom. The molecule has 5 rings (SSSR count). The molecule has 0 spiro atoms. The van der Waals surface area contributed by atoms with Gasteiger partial charge in [-0.05, 0) is 42.0 Å². The average molecular weight is 545 g/mol. The number of oxime groups is 1. The van der Waals surface area contributed by atoms with Gasteiger partial charge in [0.05, 0.1) is 22.6 Å². The van der Waals surface area contributed by atoms with Gasteiger partial charge in [0.25, 0.3) is 5.91 Å². The number of carbonyl (C=O) groups is 1. The molecule has 3 heterocycles. The summed E-state index contributed by atoms with van der Waals surface area (Å²) in [5.41, 5.74) is 5.34. The van der Waals surface area contributed by atoms with Gasteiger partial charge in [-0.25, -0.2) is 0 Å². The second-order valence-electron chi connectivity index (χ2n) is 8.57. The fourth-order valence-electron chi connectivity index (χ4n) is 4.53. The molecule has 2 aliphatic rings. The molecule has 1 amide bonds. The van der Waals surface area contributed by atoms with Gasteiger partial charge in [0.1, 0.15) is 0 Å². The van der Waals surface area contributed by atoms with Crippen LogP contribution < -0.4 is 15.1 Å². The van der Waals surface area contributed by atoms with Crippen LogP contribution in [0, 0.1) is 0 Å². The minimum atomic E-state index is -1.14. The van der Waals surface area contributed by atoms with Crippen LogP contribution in [0.25, 0.3) is 0 Å². The Morgan fingerprint density at radius 3 is 2.56 bits per heavy atom. The van der Waals surface area contributed by atoms with Crippen LogP contribution in [0.4, 0.5) is 17.1 Å². The molecule has 3 aromatic rings. The molecule has 1 N–H and O–H groups in total. The number of rotatable bonds is 6. The lowest BCUT2D eigenvalue weighted by molar-refractivity contribution is -0.114. The SMILES string of the molecule is O=C(Nc1cccc(C2CC(c3c(Cl)cccc3N3CCN(c4cccnc4)CC3)=NO2)c1)C(Cl)Cl. The van der Waals surface area contributed by atoms with Crippen LogP contribution in [0.2, 0.25) is 5.02 Å². The van der Waals surface area contributed by atoms with Gasteiger partial charge in [-0.1, -0.05) is 58.2 Å². The Kier molecular flexibility index (Phi) is 7.51. The van der Waals surface area contributed by atoms with Crippen molar-refractivity contribution >= 4 is 63.5 Å². The molecular formula is C26H24Cl3N5O2. The minimum Gasteiger partial charge on any atom is -0.387 e. The number of hydrogen-bond acceptors (Lipinski definition) is 6. The van der Waals surface area contributed by atoms with Crippen molar-refractivity contribution in [3.63, 3.8) is 0 Å². The Morgan fingerprint density at radius 1 is 1.03 bits per heavy atom. The zero-order chi connectivity index (χ0) is 25.1. The van der Waals surface area contributed by atoms with E-state index in [2.05, 4.69) is 37.4 Å². The summed E-state index contributed by atoms with van der Waals surface area (Å²) < 4.78 is 0. The first-order valence-corrected chi connectivity index (χ1v) is 12.8. The number of piperazine rings is 1. The van der Waals surface area contributed by atoms with Crippen LogP contribution >= 0.6 is 34.8 Å². The monoisotopic (exact) mass is 543 g/mol. The van der Waals surface area contributed by atoms with E-state index in [0.717, 1.165) is 54.4 Å². The number of halogens is 3. The lowest BCUT2D eigenvalue weighted by Crippen LogP contribution is -2.47. The largest absolute Gasteiger partial charge is 0.387 e. The van der Waals surface area contributed by atoms with Crippen molar-refractivity contribution in [3.05, 3.63) is 83.1 Å². The van der Waals surface area contributed by atoms with Gasteiger partial charge < -0.3 is 20.0 Å². The number of pyridine rings is 1. The zero-order valence-corrected chi connectivity index (χ0v) is 21.5. The molecule has 0 bridgehead atoms. The topological polar surface area (TPSA) is 70.1 Å². The summed E-state index contributed by atoms with van der Waals surface area (Å²) in [6.07, 6.45) is 3.94. The van der Waals surface area contributed by atoms with Crippen LogP contribution in [0.5, 0.6) is 0 Å². The first kappa shape index (κ1) is 24.7. The summed E-state index contributed by atoms with van der Waals surface area (Å²) in [7, 11) is 0. The highest BCUT2D eigenvalue weighted by Crippen LogP contribution is 2.37. The average Bonchev–Trinajstić information content (AvgIpc) is 3.39. The number of carbonyl (C=O) groups excluding carboxylic acids is 1. The van der Waals surface area contributed by atoms with E-state index in [-0.39, 0.29) is 6.10 Å². The number of nitrogens with zero attached hydrogens (tertiary/aromatic N) is 4. The third-order valence-electron chi connectivity index (χ3n) is 6.30. The van der Waals surface area contributed by atoms with Crippen molar-refractivity contribution in [1.82, 2.24) is 4.98 Å². The van der Waals surface area contributed by atoms with E-state index in [1.807, 2.05) is 42.6 Å². The van der Waals surface area contributed by atoms with Gasteiger partial charge in [-0.2, -0.15) is 0 Å². The van der Waals surface area contributed by atoms with E-state index in [4.69, 9.17) is 39.6 Å². The third kappa shape index (κ3) is 5.38. The maximum atomic E-state index is 11.9. The summed E-state index contributed by atoms with van der Waals surface area (Å²) in [6, 6.07) is 17.4. The van der Waals surface area contributed by atoms with Crippen LogP contribution in [0.3, 0.4) is 0 Å². The van der Waals surface area contributed by atoms with Gasteiger partial charge in [0.2, 0.25) is 0 Å². The summed E-state index contributed by atoms with van der Waals surface area (Å²) in [5, 5.41) is 7.75. The van der Waals surface area contributed by atoms with Crippen LogP contribution in [-0.2, 0) is 9.63 Å². The fourth-order valence-corrected chi connectivity index (χ4v) is 4.91. The van der Waals surface area contributed by atoms with Gasteiger partial charge in [-0.3, -0.25) is 9.78 Å². The van der Waals surface area contributed by atoms with E-state index in [1.54, 1.807) is 12.3 Å². The molecule has 1 fully saturated rings. The quantitative estimate of drug-likeness (QED) is 0.405. The molecule has 1 saturated heterocycles. The summed E-state index contributed by atoms with van der Waals surface area (Å²) >= 11 is 18.0. The summed E-state index contributed by atoms with van der Waals surface area (Å²) in [4.78, 5) is 25.4. The fraction of sp³-hybridized carbons (Fsp3) is 0.269. The predicted octanol–water partition coefficient (Wildman–Crippen LogP) is 5.67. The maximum absolute atomic E-state index is 11.9. The molecule has 1 unspecified atom stereocenters. The Balaban J connectivity index is 1.30. The number of anilines is 3. The molecule has 7 nitrogen and oxygen atoms in total. The van der Waals surface area contributed by atoms with Gasteiger partial charge in [-0.15, -0.1) is 0 Å². The molecule has 2 aromatic carbocycles. The zero-order valence-electron chi connectivity index (χ0n) is 19.3. The number of alkyl halides is 2. The van der Waals surface area contributed by atoms with Gasteiger partial charge in [0.15, 0.2) is 10.9 Å². The van der Waals surface area contributed by atoms with E-state index in [0.29, 0.717) is 17.1 Å². The van der Waals surface area contributed by atoms with Gasteiger partial charge >= 0.3 is 0 Å². The van der Waals surface area contributed by atoms with Crippen LogP contribution in [-0.4, -0.2) is 47.6 Å². The second kappa shape index (κ2) is 10.9. The number of amides is 1. The maximum Gasteiger partial charge on any atom is 0.257 e. The smallest absolute Gasteiger partial charge is 0.257 e. The molecule has 2 aliphatic heterocycles. The van der Waals surface area contributed by atoms with Crippen molar-refractivity contribution in [2.24, 2.45) is 5.16 Å². The third-order valence-corrected chi connectivity index (χ3v) is 7.02. The van der Waals surface area contributed by atoms with Crippen molar-refractivity contribution in [3.8, 4) is 0 Å². The van der Waals surface area contributed by atoms with Crippen molar-refractivity contribution in [1.29, 1.82) is 0 Å². The molecular weight excluding hydrogens is 521 g/mol. The Bertz CT molecular complexity index is 1260. The molecule has 36 heavy (non-hydrogen) atoms. The molecule has 0 saturated carbocycles. The molecule has 186 valence electrons. The predicted molar refractivity (Wildman–Crippen MR) is 146 cm³/mol. The number of benzene rings is 2. The highest BCUT2D eigenvalue weighted by atomic mass is 35.5. The number of nitrogens with one attached hydrogen (secondary N) is 1. The highest BCUT2D eigenvalue weighted by molar-refractivity contribution is 6.54. The number of hydrogen-bond donors (Lipinski definition) is 1. The van der Waals surface area contributed by atoms with Crippen molar-refractivity contribution in [2.75, 3.05) is 41.3 Å². The van der Waals surface area contributed by atoms with Crippen molar-refractivity contribution in [2.45, 2.75) is 17.4 Å². The van der Waals surface area contributed by atoms with E-state index in [9.17, 15) is 4.79 Å². The Labute approximate surface area is 224 Å². The second-order valence-corrected chi connectivity index (χ2v) is 10.1. The van der Waals surface area contributed by atoms with Crippen LogP contribution in [0.1, 0.15) is 23.7 Å². The lowest BCUT2D eigenvalue weighted by Gasteiger charge is -2.38. The highest BCUT2D eigenvalue weighted by Gasteiger charge is 2.29. The van der Waals surface area contributed by atoms with E-state index >= 15 is 0 Å². The molecule has 0 aliphatic carbocycles. The summed E-state index contributed by atoms with van der Waals surface area (Å²) in [5.74, 6) is -0.482. The normalized spacial score (nSPS) is 17.7. The first-order valence-electron chi connectivity index (χ1n) is 11.6. The molecule has 10 heteroatoms. The molecule has 0 radical (unpaired) electrons.